The summed E-state index contributed by atoms with van der Waals surface area (Å²) in [5.41, 5.74) is 2.20. The van der Waals surface area contributed by atoms with Crippen LogP contribution in [0, 0.1) is 5.82 Å². The lowest BCUT2D eigenvalue weighted by molar-refractivity contribution is 0.102. The second-order valence-corrected chi connectivity index (χ2v) is 5.41. The maximum absolute atomic E-state index is 13.0. The standard InChI is InChI=1S/C16H16BrFN2O/c1-2-19-10-11-4-3-5-13(8-11)20-16(21)14-7-6-12(18)9-15(14)17/h3-9,19H,2,10H2,1H3,(H,20,21). The number of rotatable bonds is 5. The van der Waals surface area contributed by atoms with E-state index in [-0.39, 0.29) is 11.7 Å². The summed E-state index contributed by atoms with van der Waals surface area (Å²) in [7, 11) is 0. The first-order chi connectivity index (χ1) is 10.1. The minimum absolute atomic E-state index is 0.275. The van der Waals surface area contributed by atoms with Crippen LogP contribution in [0.2, 0.25) is 0 Å². The average Bonchev–Trinajstić information content (AvgIpc) is 2.45. The van der Waals surface area contributed by atoms with Gasteiger partial charge in [0, 0.05) is 16.7 Å². The Kier molecular flexibility index (Phi) is 5.47. The lowest BCUT2D eigenvalue weighted by Crippen LogP contribution is -2.14. The number of hydrogen-bond donors (Lipinski definition) is 2. The third kappa shape index (κ3) is 4.37. The summed E-state index contributed by atoms with van der Waals surface area (Å²) < 4.78 is 13.5. The van der Waals surface area contributed by atoms with E-state index in [1.807, 2.05) is 31.2 Å². The molecule has 0 aromatic heterocycles. The number of carbonyl (C=O) groups is 1. The number of hydrogen-bond acceptors (Lipinski definition) is 2. The molecule has 110 valence electrons. The average molecular weight is 351 g/mol. The molecule has 2 aromatic carbocycles. The fourth-order valence-electron chi connectivity index (χ4n) is 1.90. The SMILES string of the molecule is CCNCc1cccc(NC(=O)c2ccc(F)cc2Br)c1. The zero-order chi connectivity index (χ0) is 15.2. The number of amides is 1. The molecular weight excluding hydrogens is 335 g/mol. The second-order valence-electron chi connectivity index (χ2n) is 4.56. The van der Waals surface area contributed by atoms with Crippen LogP contribution in [-0.4, -0.2) is 12.5 Å². The molecule has 0 heterocycles. The van der Waals surface area contributed by atoms with Crippen molar-refractivity contribution in [3.8, 4) is 0 Å². The normalized spacial score (nSPS) is 10.4. The number of carbonyl (C=O) groups excluding carboxylic acids is 1. The largest absolute Gasteiger partial charge is 0.322 e. The van der Waals surface area contributed by atoms with Gasteiger partial charge < -0.3 is 10.6 Å². The monoisotopic (exact) mass is 350 g/mol. The van der Waals surface area contributed by atoms with Gasteiger partial charge in [0.15, 0.2) is 0 Å². The molecule has 0 aliphatic carbocycles. The van der Waals surface area contributed by atoms with Gasteiger partial charge in [0.25, 0.3) is 5.91 Å². The molecule has 2 N–H and O–H groups in total. The summed E-state index contributed by atoms with van der Waals surface area (Å²) in [6.45, 7) is 3.68. The lowest BCUT2D eigenvalue weighted by Gasteiger charge is -2.09. The van der Waals surface area contributed by atoms with Crippen LogP contribution in [0.1, 0.15) is 22.8 Å². The van der Waals surface area contributed by atoms with Crippen LogP contribution >= 0.6 is 15.9 Å². The predicted octanol–water partition coefficient (Wildman–Crippen LogP) is 3.95. The smallest absolute Gasteiger partial charge is 0.256 e. The van der Waals surface area contributed by atoms with E-state index in [2.05, 4.69) is 26.6 Å². The zero-order valence-electron chi connectivity index (χ0n) is 11.6. The van der Waals surface area contributed by atoms with Gasteiger partial charge in [0.05, 0.1) is 5.56 Å². The van der Waals surface area contributed by atoms with Gasteiger partial charge >= 0.3 is 0 Å². The first kappa shape index (κ1) is 15.7. The quantitative estimate of drug-likeness (QED) is 0.857. The van der Waals surface area contributed by atoms with Crippen LogP contribution in [0.15, 0.2) is 46.9 Å². The van der Waals surface area contributed by atoms with E-state index in [1.54, 1.807) is 0 Å². The Morgan fingerprint density at radius 1 is 1.24 bits per heavy atom. The molecule has 3 nitrogen and oxygen atoms in total. The number of halogens is 2. The molecule has 0 radical (unpaired) electrons. The summed E-state index contributed by atoms with van der Waals surface area (Å²) in [6, 6.07) is 11.6. The molecular formula is C16H16BrFN2O. The molecule has 0 saturated carbocycles. The fourth-order valence-corrected chi connectivity index (χ4v) is 2.43. The number of benzene rings is 2. The molecule has 21 heavy (non-hydrogen) atoms. The van der Waals surface area contributed by atoms with E-state index in [4.69, 9.17) is 0 Å². The van der Waals surface area contributed by atoms with Gasteiger partial charge in [-0.1, -0.05) is 19.1 Å². The summed E-state index contributed by atoms with van der Waals surface area (Å²) in [5.74, 6) is -0.659. The molecule has 0 bridgehead atoms. The number of nitrogens with one attached hydrogen (secondary N) is 2. The molecule has 0 fully saturated rings. The van der Waals surface area contributed by atoms with Crippen molar-refractivity contribution in [3.63, 3.8) is 0 Å². The van der Waals surface area contributed by atoms with E-state index in [1.165, 1.54) is 18.2 Å². The molecule has 2 rings (SSSR count). The maximum Gasteiger partial charge on any atom is 0.256 e. The predicted molar refractivity (Wildman–Crippen MR) is 85.9 cm³/mol. The van der Waals surface area contributed by atoms with Gasteiger partial charge in [-0.3, -0.25) is 4.79 Å². The molecule has 0 aliphatic heterocycles. The highest BCUT2D eigenvalue weighted by atomic mass is 79.9. The summed E-state index contributed by atoms with van der Waals surface area (Å²) in [6.07, 6.45) is 0. The highest BCUT2D eigenvalue weighted by Gasteiger charge is 2.11. The molecule has 0 spiro atoms. The minimum Gasteiger partial charge on any atom is -0.322 e. The van der Waals surface area contributed by atoms with Gasteiger partial charge in [-0.15, -0.1) is 0 Å². The van der Waals surface area contributed by atoms with Crippen LogP contribution in [0.5, 0.6) is 0 Å². The van der Waals surface area contributed by atoms with Crippen molar-refractivity contribution in [2.75, 3.05) is 11.9 Å². The summed E-state index contributed by atoms with van der Waals surface area (Å²) >= 11 is 3.20. The molecule has 5 heteroatoms. The fraction of sp³-hybridized carbons (Fsp3) is 0.188. The van der Waals surface area contributed by atoms with Crippen molar-refractivity contribution < 1.29 is 9.18 Å². The van der Waals surface area contributed by atoms with Crippen molar-refractivity contribution in [2.24, 2.45) is 0 Å². The first-order valence-electron chi connectivity index (χ1n) is 6.66. The first-order valence-corrected chi connectivity index (χ1v) is 7.45. The van der Waals surface area contributed by atoms with Gasteiger partial charge in [-0.05, 0) is 58.4 Å². The van der Waals surface area contributed by atoms with Gasteiger partial charge in [0.2, 0.25) is 0 Å². The Morgan fingerprint density at radius 3 is 2.76 bits per heavy atom. The van der Waals surface area contributed by atoms with Crippen molar-refractivity contribution in [1.29, 1.82) is 0 Å². The topological polar surface area (TPSA) is 41.1 Å². The van der Waals surface area contributed by atoms with Gasteiger partial charge in [-0.25, -0.2) is 4.39 Å². The minimum atomic E-state index is -0.383. The van der Waals surface area contributed by atoms with E-state index in [0.29, 0.717) is 15.7 Å². The summed E-state index contributed by atoms with van der Waals surface area (Å²) in [5, 5.41) is 6.05. The van der Waals surface area contributed by atoms with Crippen molar-refractivity contribution in [1.82, 2.24) is 5.32 Å². The van der Waals surface area contributed by atoms with Crippen LogP contribution in [-0.2, 0) is 6.54 Å². The van der Waals surface area contributed by atoms with E-state index in [0.717, 1.165) is 18.7 Å². The molecule has 1 amide bonds. The van der Waals surface area contributed by atoms with E-state index in [9.17, 15) is 9.18 Å². The molecule has 0 saturated heterocycles. The van der Waals surface area contributed by atoms with Crippen LogP contribution in [0.4, 0.5) is 10.1 Å². The maximum atomic E-state index is 13.0. The third-order valence-corrected chi connectivity index (χ3v) is 3.60. The van der Waals surface area contributed by atoms with Crippen LogP contribution in [0.3, 0.4) is 0 Å². The van der Waals surface area contributed by atoms with Crippen LogP contribution < -0.4 is 10.6 Å². The Morgan fingerprint density at radius 2 is 2.05 bits per heavy atom. The Hall–Kier alpha value is -1.72. The van der Waals surface area contributed by atoms with E-state index < -0.39 is 0 Å². The van der Waals surface area contributed by atoms with Crippen molar-refractivity contribution in [2.45, 2.75) is 13.5 Å². The van der Waals surface area contributed by atoms with E-state index >= 15 is 0 Å². The van der Waals surface area contributed by atoms with Crippen molar-refractivity contribution in [3.05, 3.63) is 63.9 Å². The zero-order valence-corrected chi connectivity index (χ0v) is 13.2. The highest BCUT2D eigenvalue weighted by Crippen LogP contribution is 2.20. The van der Waals surface area contributed by atoms with Crippen molar-refractivity contribution >= 4 is 27.5 Å². The highest BCUT2D eigenvalue weighted by molar-refractivity contribution is 9.10. The van der Waals surface area contributed by atoms with Gasteiger partial charge in [-0.2, -0.15) is 0 Å². The molecule has 0 aliphatic rings. The molecule has 0 atom stereocenters. The lowest BCUT2D eigenvalue weighted by atomic mass is 10.1. The number of anilines is 1. The van der Waals surface area contributed by atoms with Gasteiger partial charge in [0.1, 0.15) is 5.82 Å². The van der Waals surface area contributed by atoms with Crippen LogP contribution in [0.25, 0.3) is 0 Å². The third-order valence-electron chi connectivity index (χ3n) is 2.94. The molecule has 0 unspecified atom stereocenters. The Balaban J connectivity index is 2.12. The summed E-state index contributed by atoms with van der Waals surface area (Å²) in [4.78, 5) is 12.2. The Labute approximate surface area is 131 Å². The second kappa shape index (κ2) is 7.33. The Bertz CT molecular complexity index is 646. The molecule has 2 aromatic rings.